The van der Waals surface area contributed by atoms with E-state index in [0.717, 1.165) is 25.0 Å². The van der Waals surface area contributed by atoms with Crippen LogP contribution in [0.25, 0.3) is 0 Å². The molecule has 0 heterocycles. The van der Waals surface area contributed by atoms with E-state index in [1.165, 1.54) is 29.7 Å². The van der Waals surface area contributed by atoms with Gasteiger partial charge in [-0.1, -0.05) is 18.1 Å². The molecule has 5 atom stereocenters. The molecule has 2 saturated carbocycles. The van der Waals surface area contributed by atoms with Gasteiger partial charge in [-0.05, 0) is 106 Å². The van der Waals surface area contributed by atoms with E-state index in [0.29, 0.717) is 17.8 Å². The van der Waals surface area contributed by atoms with E-state index in [-0.39, 0.29) is 11.5 Å². The number of aryl methyl sites for hydroxylation is 1. The molecule has 0 bridgehead atoms. The predicted octanol–water partition coefficient (Wildman–Crippen LogP) is 6.59. The molecule has 4 rings (SSSR count). The molecular weight excluding hydrogens is 418 g/mol. The maximum absolute atomic E-state index is 6.93. The Morgan fingerprint density at radius 2 is 1.74 bits per heavy atom. The van der Waals surface area contributed by atoms with Gasteiger partial charge in [0.25, 0.3) is 0 Å². The van der Waals surface area contributed by atoms with Gasteiger partial charge in [0.1, 0.15) is 12.9 Å². The Labute approximate surface area is 191 Å². The Hall–Kier alpha value is -1.12. The van der Waals surface area contributed by atoms with Crippen LogP contribution in [0.5, 0.6) is 5.75 Å². The van der Waals surface area contributed by atoms with Crippen LogP contribution in [0.1, 0.15) is 49.7 Å². The van der Waals surface area contributed by atoms with Gasteiger partial charge >= 0.3 is 0 Å². The van der Waals surface area contributed by atoms with Gasteiger partial charge in [0.2, 0.25) is 8.32 Å². The van der Waals surface area contributed by atoms with Crippen molar-refractivity contribution in [1.29, 1.82) is 0 Å². The monoisotopic (exact) mass is 459 g/mol. The molecule has 31 heavy (non-hydrogen) atoms. The topological polar surface area (TPSA) is 40.0 Å². The molecule has 0 spiro atoms. The lowest BCUT2D eigenvalue weighted by Crippen LogP contribution is -2.52. The second-order valence-corrected chi connectivity index (χ2v) is 20.9. The normalized spacial score (nSPS) is 34.1. The summed E-state index contributed by atoms with van der Waals surface area (Å²) in [6.45, 7) is 16.2. The molecule has 5 unspecified atom stereocenters. The molecule has 4 nitrogen and oxygen atoms in total. The van der Waals surface area contributed by atoms with Crippen molar-refractivity contribution in [3.05, 3.63) is 29.3 Å². The van der Waals surface area contributed by atoms with Crippen LogP contribution < -0.4 is 4.43 Å². The molecule has 6 heteroatoms. The predicted molar refractivity (Wildman–Crippen MR) is 133 cm³/mol. The molecule has 3 aliphatic carbocycles. The van der Waals surface area contributed by atoms with E-state index in [4.69, 9.17) is 13.7 Å². The molecule has 0 aliphatic heterocycles. The highest BCUT2D eigenvalue weighted by atomic mass is 28.4. The number of fused-ring (bicyclic) bond motifs is 5. The lowest BCUT2D eigenvalue weighted by atomic mass is 9.54. The molecule has 0 amide bonds. The fourth-order valence-electron chi connectivity index (χ4n) is 6.64. The van der Waals surface area contributed by atoms with Gasteiger partial charge in [0, 0.05) is 11.3 Å². The van der Waals surface area contributed by atoms with Crippen molar-refractivity contribution in [3.8, 4) is 5.75 Å². The van der Waals surface area contributed by atoms with Gasteiger partial charge in [0.15, 0.2) is 8.32 Å². The fourth-order valence-corrected chi connectivity index (χ4v) is 8.61. The van der Waals surface area contributed by atoms with Crippen molar-refractivity contribution in [2.45, 2.75) is 90.3 Å². The fraction of sp³-hybridized carbons (Fsp3) is 0.720. The third-order valence-electron chi connectivity index (χ3n) is 7.52. The lowest BCUT2D eigenvalue weighted by molar-refractivity contribution is -0.00645. The van der Waals surface area contributed by atoms with Crippen LogP contribution in [0.15, 0.2) is 23.4 Å². The number of benzene rings is 1. The molecule has 0 radical (unpaired) electrons. The highest BCUT2D eigenvalue weighted by molar-refractivity contribution is 6.70. The van der Waals surface area contributed by atoms with Crippen LogP contribution in [-0.2, 0) is 15.7 Å². The van der Waals surface area contributed by atoms with Crippen molar-refractivity contribution >= 4 is 22.3 Å². The molecule has 1 aromatic rings. The summed E-state index contributed by atoms with van der Waals surface area (Å²) in [5.41, 5.74) is 4.35. The number of oxime groups is 1. The average molecular weight is 460 g/mol. The Morgan fingerprint density at radius 3 is 2.39 bits per heavy atom. The molecule has 0 saturated heterocycles. The van der Waals surface area contributed by atoms with Gasteiger partial charge in [-0.3, -0.25) is 0 Å². The molecule has 172 valence electrons. The van der Waals surface area contributed by atoms with E-state index < -0.39 is 16.6 Å². The molecule has 0 N–H and O–H groups in total. The molecule has 0 aromatic heterocycles. The number of hydrogen-bond acceptors (Lipinski definition) is 4. The summed E-state index contributed by atoms with van der Waals surface area (Å²) in [5, 5.41) is 4.50. The van der Waals surface area contributed by atoms with E-state index >= 15 is 0 Å². The average Bonchev–Trinajstić information content (AvgIpc) is 2.95. The van der Waals surface area contributed by atoms with E-state index in [9.17, 15) is 0 Å². The highest BCUT2D eigenvalue weighted by Crippen LogP contribution is 2.61. The second kappa shape index (κ2) is 8.03. The first kappa shape index (κ1) is 23.1. The molecular formula is C25H41NO3Si2. The first-order valence-electron chi connectivity index (χ1n) is 12.0. The third kappa shape index (κ3) is 4.53. The van der Waals surface area contributed by atoms with Gasteiger partial charge in [-0.2, -0.15) is 0 Å². The number of nitrogens with zero attached hydrogens (tertiary/aromatic N) is 1. The van der Waals surface area contributed by atoms with Gasteiger partial charge in [0.05, 0.1) is 11.8 Å². The Bertz CT molecular complexity index is 857. The van der Waals surface area contributed by atoms with Gasteiger partial charge in [-0.15, -0.1) is 0 Å². The SMILES string of the molecule is CO/N=C1\CCC2C3CCc4cc(O[Si](C)(C)C)ccc4C3C(O[Si](C)(C)C)CC12C. The zero-order chi connectivity index (χ0) is 22.6. The smallest absolute Gasteiger partial charge is 0.242 e. The number of rotatable bonds is 5. The molecule has 1 aromatic carbocycles. The lowest BCUT2D eigenvalue weighted by Gasteiger charge is -2.53. The van der Waals surface area contributed by atoms with Crippen molar-refractivity contribution in [3.63, 3.8) is 0 Å². The summed E-state index contributed by atoms with van der Waals surface area (Å²) in [5.74, 6) is 2.85. The zero-order valence-electron chi connectivity index (χ0n) is 20.7. The number of hydrogen-bond donors (Lipinski definition) is 0. The zero-order valence-corrected chi connectivity index (χ0v) is 22.7. The van der Waals surface area contributed by atoms with Crippen LogP contribution in [0.2, 0.25) is 39.3 Å². The largest absolute Gasteiger partial charge is 0.544 e. The molecule has 3 aliphatic rings. The Balaban J connectivity index is 1.73. The standard InChI is InChI=1S/C25H41NO3Si2/c1-25-16-22(29-31(6,7)8)24-19-12-10-18(28-30(3,4)5)15-17(19)9-11-20(24)21(25)13-14-23(25)26-27-2/h10,12,15,20-22,24H,9,11,13-14,16H2,1-8H3/b26-23+. The maximum atomic E-state index is 6.93. The van der Waals surface area contributed by atoms with Crippen molar-refractivity contribution in [2.24, 2.45) is 22.4 Å². The first-order chi connectivity index (χ1) is 14.4. The second-order valence-electron chi connectivity index (χ2n) is 12.1. The third-order valence-corrected chi connectivity index (χ3v) is 9.38. The van der Waals surface area contributed by atoms with Gasteiger partial charge < -0.3 is 13.7 Å². The summed E-state index contributed by atoms with van der Waals surface area (Å²) < 4.78 is 13.3. The van der Waals surface area contributed by atoms with Crippen LogP contribution >= 0.6 is 0 Å². The van der Waals surface area contributed by atoms with Crippen LogP contribution in [-0.4, -0.2) is 35.6 Å². The minimum Gasteiger partial charge on any atom is -0.544 e. The van der Waals surface area contributed by atoms with Crippen LogP contribution in [0.4, 0.5) is 0 Å². The maximum Gasteiger partial charge on any atom is 0.242 e. The van der Waals surface area contributed by atoms with Crippen LogP contribution in [0.3, 0.4) is 0 Å². The van der Waals surface area contributed by atoms with Gasteiger partial charge in [-0.25, -0.2) is 0 Å². The minimum atomic E-state index is -1.69. The van der Waals surface area contributed by atoms with Crippen molar-refractivity contribution < 1.29 is 13.7 Å². The van der Waals surface area contributed by atoms with E-state index in [2.05, 4.69) is 69.6 Å². The summed E-state index contributed by atoms with van der Waals surface area (Å²) >= 11 is 0. The summed E-state index contributed by atoms with van der Waals surface area (Å²) in [7, 11) is -1.62. The highest BCUT2D eigenvalue weighted by Gasteiger charge is 2.58. The Kier molecular flexibility index (Phi) is 5.97. The van der Waals surface area contributed by atoms with E-state index in [1.54, 1.807) is 7.11 Å². The van der Waals surface area contributed by atoms with Crippen molar-refractivity contribution in [1.82, 2.24) is 0 Å². The minimum absolute atomic E-state index is 0.0971. The first-order valence-corrected chi connectivity index (χ1v) is 18.8. The molecule has 2 fully saturated rings. The van der Waals surface area contributed by atoms with E-state index in [1.807, 2.05) is 0 Å². The quantitative estimate of drug-likeness (QED) is 0.368. The Morgan fingerprint density at radius 1 is 1.00 bits per heavy atom. The van der Waals surface area contributed by atoms with Crippen LogP contribution in [0, 0.1) is 17.3 Å². The summed E-state index contributed by atoms with van der Waals surface area (Å²) in [4.78, 5) is 5.27. The summed E-state index contributed by atoms with van der Waals surface area (Å²) in [6, 6.07) is 6.91. The van der Waals surface area contributed by atoms with Crippen molar-refractivity contribution in [2.75, 3.05) is 7.11 Å². The summed E-state index contributed by atoms with van der Waals surface area (Å²) in [6.07, 6.45) is 5.97.